The van der Waals surface area contributed by atoms with E-state index in [1.54, 1.807) is 31.7 Å². The molecule has 2 heterocycles. The van der Waals surface area contributed by atoms with Crippen LogP contribution in [0.5, 0.6) is 17.2 Å². The van der Waals surface area contributed by atoms with Gasteiger partial charge in [0.15, 0.2) is 17.3 Å². The molecule has 10 heteroatoms. The number of sulfonamides is 1. The van der Waals surface area contributed by atoms with Crippen molar-refractivity contribution in [3.05, 3.63) is 53.1 Å². The zero-order valence-electron chi connectivity index (χ0n) is 21.5. The molecule has 0 N–H and O–H groups in total. The highest BCUT2D eigenvalue weighted by Gasteiger charge is 2.31. The molecule has 0 bridgehead atoms. The molecular formula is C26H32N4O5S. The normalized spacial score (nSPS) is 14.6. The fraction of sp³-hybridized carbons (Fsp3) is 0.385. The summed E-state index contributed by atoms with van der Waals surface area (Å²) in [6.07, 6.45) is 0. The van der Waals surface area contributed by atoms with Crippen LogP contribution in [-0.2, 0) is 10.0 Å². The molecule has 0 spiro atoms. The van der Waals surface area contributed by atoms with Gasteiger partial charge in [-0.1, -0.05) is 0 Å². The SMILES string of the molecule is COc1ccc(-c2ccc(N3CCN(S(=O)(=O)c4cc(C)c(OC)c(C)c4C)CC3)nn2)cc1OC. The predicted octanol–water partition coefficient (Wildman–Crippen LogP) is 3.61. The second-order valence-corrected chi connectivity index (χ2v) is 10.6. The number of aryl methyl sites for hydroxylation is 1. The Balaban J connectivity index is 1.48. The van der Waals surface area contributed by atoms with Crippen molar-refractivity contribution in [2.75, 3.05) is 52.4 Å². The van der Waals surface area contributed by atoms with Crippen LogP contribution in [0, 0.1) is 20.8 Å². The van der Waals surface area contributed by atoms with E-state index in [-0.39, 0.29) is 0 Å². The molecule has 0 unspecified atom stereocenters. The summed E-state index contributed by atoms with van der Waals surface area (Å²) >= 11 is 0. The number of piperazine rings is 1. The van der Waals surface area contributed by atoms with Gasteiger partial charge in [-0.2, -0.15) is 4.31 Å². The Hall–Kier alpha value is -3.37. The summed E-state index contributed by atoms with van der Waals surface area (Å²) in [5, 5.41) is 8.79. The van der Waals surface area contributed by atoms with Crippen LogP contribution >= 0.6 is 0 Å². The molecule has 1 aliphatic rings. The monoisotopic (exact) mass is 512 g/mol. The number of aromatic nitrogens is 2. The summed E-state index contributed by atoms with van der Waals surface area (Å²) in [5.74, 6) is 2.71. The Morgan fingerprint density at radius 1 is 0.778 bits per heavy atom. The predicted molar refractivity (Wildman–Crippen MR) is 139 cm³/mol. The third-order valence-electron chi connectivity index (χ3n) is 6.69. The van der Waals surface area contributed by atoms with Crippen LogP contribution in [0.15, 0.2) is 41.3 Å². The number of hydrogen-bond donors (Lipinski definition) is 0. The maximum Gasteiger partial charge on any atom is 0.243 e. The summed E-state index contributed by atoms with van der Waals surface area (Å²) in [7, 11) is 1.16. The lowest BCUT2D eigenvalue weighted by molar-refractivity contribution is 0.355. The van der Waals surface area contributed by atoms with Crippen LogP contribution in [0.2, 0.25) is 0 Å². The number of benzene rings is 2. The lowest BCUT2D eigenvalue weighted by Crippen LogP contribution is -2.49. The first-order valence-corrected chi connectivity index (χ1v) is 13.1. The average Bonchev–Trinajstić information content (AvgIpc) is 2.90. The maximum absolute atomic E-state index is 13.5. The van der Waals surface area contributed by atoms with E-state index in [1.165, 1.54) is 0 Å². The zero-order chi connectivity index (χ0) is 26.0. The minimum absolute atomic E-state index is 0.339. The van der Waals surface area contributed by atoms with Gasteiger partial charge in [0.05, 0.1) is 31.9 Å². The van der Waals surface area contributed by atoms with Crippen LogP contribution in [0.3, 0.4) is 0 Å². The Morgan fingerprint density at radius 2 is 1.47 bits per heavy atom. The van der Waals surface area contributed by atoms with Crippen molar-refractivity contribution >= 4 is 15.8 Å². The molecule has 1 saturated heterocycles. The van der Waals surface area contributed by atoms with Gasteiger partial charge in [-0.15, -0.1) is 10.2 Å². The Bertz CT molecular complexity index is 1350. The lowest BCUT2D eigenvalue weighted by atomic mass is 10.1. The Kier molecular flexibility index (Phi) is 7.37. The van der Waals surface area contributed by atoms with Crippen LogP contribution in [0.1, 0.15) is 16.7 Å². The van der Waals surface area contributed by atoms with Gasteiger partial charge in [-0.05, 0) is 73.9 Å². The standard InChI is InChI=1S/C26H32N4O5S/c1-17-15-24(18(2)19(3)26(17)35-6)36(31,32)30-13-11-29(12-14-30)25-10-8-21(27-28-25)20-7-9-22(33-4)23(16-20)34-5/h7-10,15-16H,11-14H2,1-6H3. The molecule has 1 aliphatic heterocycles. The second-order valence-electron chi connectivity index (χ2n) is 8.71. The second kappa shape index (κ2) is 10.3. The van der Waals surface area contributed by atoms with Crippen LogP contribution in [0.4, 0.5) is 5.82 Å². The highest BCUT2D eigenvalue weighted by molar-refractivity contribution is 7.89. The van der Waals surface area contributed by atoms with Gasteiger partial charge in [-0.3, -0.25) is 0 Å². The first kappa shape index (κ1) is 25.7. The molecule has 1 aromatic heterocycles. The largest absolute Gasteiger partial charge is 0.496 e. The lowest BCUT2D eigenvalue weighted by Gasteiger charge is -2.35. The van der Waals surface area contributed by atoms with Gasteiger partial charge in [-0.25, -0.2) is 8.42 Å². The van der Waals surface area contributed by atoms with E-state index in [4.69, 9.17) is 14.2 Å². The first-order chi connectivity index (χ1) is 17.2. The fourth-order valence-electron chi connectivity index (χ4n) is 4.54. The molecule has 0 amide bonds. The van der Waals surface area contributed by atoms with Crippen molar-refractivity contribution in [2.24, 2.45) is 0 Å². The van der Waals surface area contributed by atoms with E-state index < -0.39 is 10.0 Å². The third-order valence-corrected chi connectivity index (χ3v) is 8.72. The van der Waals surface area contributed by atoms with E-state index in [2.05, 4.69) is 15.1 Å². The van der Waals surface area contributed by atoms with Crippen LogP contribution in [0.25, 0.3) is 11.3 Å². The number of rotatable bonds is 7. The first-order valence-electron chi connectivity index (χ1n) is 11.7. The summed E-state index contributed by atoms with van der Waals surface area (Å²) in [4.78, 5) is 2.39. The highest BCUT2D eigenvalue weighted by Crippen LogP contribution is 2.34. The van der Waals surface area contributed by atoms with Crippen molar-refractivity contribution in [1.29, 1.82) is 0 Å². The van der Waals surface area contributed by atoms with Gasteiger partial charge in [0.2, 0.25) is 10.0 Å². The number of ether oxygens (including phenoxy) is 3. The van der Waals surface area contributed by atoms with E-state index in [0.717, 1.165) is 28.0 Å². The number of nitrogens with zero attached hydrogens (tertiary/aromatic N) is 4. The Morgan fingerprint density at radius 3 is 2.06 bits per heavy atom. The zero-order valence-corrected chi connectivity index (χ0v) is 22.3. The smallest absolute Gasteiger partial charge is 0.243 e. The Labute approximate surface area is 212 Å². The number of anilines is 1. The van der Waals surface area contributed by atoms with Crippen molar-refractivity contribution in [3.63, 3.8) is 0 Å². The molecule has 0 atom stereocenters. The summed E-state index contributed by atoms with van der Waals surface area (Å²) < 4.78 is 44.6. The van der Waals surface area contributed by atoms with E-state index in [0.29, 0.717) is 54.1 Å². The molecule has 36 heavy (non-hydrogen) atoms. The number of methoxy groups -OCH3 is 3. The average molecular weight is 513 g/mol. The van der Waals surface area contributed by atoms with Crippen molar-refractivity contribution < 1.29 is 22.6 Å². The molecule has 0 saturated carbocycles. The van der Waals surface area contributed by atoms with Crippen molar-refractivity contribution in [2.45, 2.75) is 25.7 Å². The van der Waals surface area contributed by atoms with Crippen LogP contribution in [-0.4, -0.2) is 70.4 Å². The molecule has 0 radical (unpaired) electrons. The van der Waals surface area contributed by atoms with Gasteiger partial charge >= 0.3 is 0 Å². The molecule has 0 aliphatic carbocycles. The van der Waals surface area contributed by atoms with E-state index >= 15 is 0 Å². The third kappa shape index (κ3) is 4.70. The quantitative estimate of drug-likeness (QED) is 0.474. The summed E-state index contributed by atoms with van der Waals surface area (Å²) in [5.41, 5.74) is 3.95. The van der Waals surface area contributed by atoms with Gasteiger partial charge in [0.1, 0.15) is 5.75 Å². The fourth-order valence-corrected chi connectivity index (χ4v) is 6.33. The minimum Gasteiger partial charge on any atom is -0.496 e. The van der Waals surface area contributed by atoms with E-state index in [1.807, 2.05) is 51.1 Å². The molecule has 9 nitrogen and oxygen atoms in total. The summed E-state index contributed by atoms with van der Waals surface area (Å²) in [6, 6.07) is 11.1. The van der Waals surface area contributed by atoms with Gasteiger partial charge in [0, 0.05) is 31.7 Å². The molecule has 1 fully saturated rings. The number of hydrogen-bond acceptors (Lipinski definition) is 8. The van der Waals surface area contributed by atoms with E-state index in [9.17, 15) is 8.42 Å². The molecule has 3 aromatic rings. The van der Waals surface area contributed by atoms with Crippen LogP contribution < -0.4 is 19.1 Å². The van der Waals surface area contributed by atoms with Gasteiger partial charge < -0.3 is 19.1 Å². The summed E-state index contributed by atoms with van der Waals surface area (Å²) in [6.45, 7) is 7.37. The highest BCUT2D eigenvalue weighted by atomic mass is 32.2. The van der Waals surface area contributed by atoms with Gasteiger partial charge in [0.25, 0.3) is 0 Å². The minimum atomic E-state index is -3.63. The topological polar surface area (TPSA) is 94.1 Å². The molecular weight excluding hydrogens is 480 g/mol. The molecule has 192 valence electrons. The van der Waals surface area contributed by atoms with Crippen molar-refractivity contribution in [1.82, 2.24) is 14.5 Å². The maximum atomic E-state index is 13.5. The molecule has 4 rings (SSSR count). The molecule has 2 aromatic carbocycles. The van der Waals surface area contributed by atoms with Crippen molar-refractivity contribution in [3.8, 4) is 28.5 Å².